The lowest BCUT2D eigenvalue weighted by atomic mass is 9.83. The molecule has 1 aliphatic heterocycles. The van der Waals surface area contributed by atoms with Crippen LogP contribution in [0.5, 0.6) is 0 Å². The molecule has 2 aromatic carbocycles. The van der Waals surface area contributed by atoms with Gasteiger partial charge in [0.05, 0.1) is 0 Å². The van der Waals surface area contributed by atoms with E-state index in [9.17, 15) is 4.79 Å². The Labute approximate surface area is 174 Å². The summed E-state index contributed by atoms with van der Waals surface area (Å²) in [4.78, 5) is 18.9. The number of carbonyl (C=O) groups excluding carboxylic acids is 1. The van der Waals surface area contributed by atoms with Gasteiger partial charge in [-0.05, 0) is 29.9 Å². The third-order valence-corrected chi connectivity index (χ3v) is 7.49. The lowest BCUT2D eigenvalue weighted by Gasteiger charge is -2.46. The van der Waals surface area contributed by atoms with Gasteiger partial charge >= 0.3 is 0 Å². The number of nitrogens with zero attached hydrogens (tertiary/aromatic N) is 2. The molecule has 1 saturated carbocycles. The maximum Gasteiger partial charge on any atom is 0.188 e. The second-order valence-corrected chi connectivity index (χ2v) is 9.18. The lowest BCUT2D eigenvalue weighted by molar-refractivity contribution is 0.0258. The van der Waals surface area contributed by atoms with Crippen LogP contribution in [0.25, 0.3) is 0 Å². The predicted molar refractivity (Wildman–Crippen MR) is 117 cm³/mol. The van der Waals surface area contributed by atoms with E-state index >= 15 is 0 Å². The summed E-state index contributed by atoms with van der Waals surface area (Å²) in [6.45, 7) is 5.35. The van der Waals surface area contributed by atoms with Crippen LogP contribution in [-0.4, -0.2) is 48.3 Å². The first-order chi connectivity index (χ1) is 14.3. The van der Waals surface area contributed by atoms with Crippen LogP contribution in [-0.2, 0) is 12.0 Å². The van der Waals surface area contributed by atoms with Crippen LogP contribution in [0.4, 0.5) is 0 Å². The van der Waals surface area contributed by atoms with Gasteiger partial charge in [-0.15, -0.1) is 0 Å². The van der Waals surface area contributed by atoms with E-state index in [1.807, 2.05) is 18.2 Å². The fourth-order valence-corrected chi connectivity index (χ4v) is 5.91. The first-order valence-electron chi connectivity index (χ1n) is 11.4. The predicted octanol–water partition coefficient (Wildman–Crippen LogP) is 4.52. The molecule has 152 valence electrons. The molecule has 3 heteroatoms. The smallest absolute Gasteiger partial charge is 0.188 e. The molecule has 5 rings (SSSR count). The van der Waals surface area contributed by atoms with Crippen molar-refractivity contribution in [2.45, 2.75) is 44.1 Å². The minimum atomic E-state index is -0.526. The lowest BCUT2D eigenvalue weighted by Crippen LogP contribution is -2.58. The molecule has 3 aliphatic rings. The molecule has 0 spiro atoms. The average Bonchev–Trinajstić information content (AvgIpc) is 3.09. The second-order valence-electron chi connectivity index (χ2n) is 9.18. The summed E-state index contributed by atoms with van der Waals surface area (Å²) in [6.07, 6.45) is 7.86. The topological polar surface area (TPSA) is 23.6 Å². The van der Waals surface area contributed by atoms with Crippen molar-refractivity contribution in [1.29, 1.82) is 0 Å². The number of hydrogen-bond donors (Lipinski definition) is 0. The molecule has 0 aromatic heterocycles. The quantitative estimate of drug-likeness (QED) is 0.769. The molecule has 0 unspecified atom stereocenters. The van der Waals surface area contributed by atoms with E-state index < -0.39 is 5.54 Å². The zero-order chi connectivity index (χ0) is 19.7. The van der Waals surface area contributed by atoms with Crippen molar-refractivity contribution in [2.75, 3.05) is 32.7 Å². The Hall–Kier alpha value is -1.97. The van der Waals surface area contributed by atoms with Crippen molar-refractivity contribution in [1.82, 2.24) is 9.80 Å². The molecule has 2 aliphatic carbocycles. The number of fused-ring (bicyclic) bond motifs is 1. The monoisotopic (exact) mass is 388 g/mol. The summed E-state index contributed by atoms with van der Waals surface area (Å²) in [5, 5.41) is 0. The molecule has 0 amide bonds. The molecule has 0 bridgehead atoms. The van der Waals surface area contributed by atoms with Crippen molar-refractivity contribution >= 4 is 5.78 Å². The molecule has 29 heavy (non-hydrogen) atoms. The standard InChI is InChI=1S/C26H32N2O/c29-25-24-14-8-7-11-22(24)19-26(25,23-12-5-2-6-13-23)28-17-15-27(16-18-28)20-21-9-3-1-4-10-21/h2,5-8,11-14,21H,1,3-4,9-10,15-20H2/t26-/m1/s1. The summed E-state index contributed by atoms with van der Waals surface area (Å²) in [7, 11) is 0. The highest BCUT2D eigenvalue weighted by Gasteiger charge is 2.51. The fraction of sp³-hybridized carbons (Fsp3) is 0.500. The minimum Gasteiger partial charge on any atom is -0.301 e. The third-order valence-electron chi connectivity index (χ3n) is 7.49. The zero-order valence-electron chi connectivity index (χ0n) is 17.4. The number of rotatable bonds is 4. The van der Waals surface area contributed by atoms with E-state index in [1.54, 1.807) is 0 Å². The summed E-state index contributed by atoms with van der Waals surface area (Å²) in [5.74, 6) is 1.18. The van der Waals surface area contributed by atoms with Gasteiger partial charge < -0.3 is 4.90 Å². The maximum atomic E-state index is 13.8. The molecular weight excluding hydrogens is 356 g/mol. The molecule has 1 saturated heterocycles. The van der Waals surface area contributed by atoms with E-state index in [0.29, 0.717) is 5.78 Å². The van der Waals surface area contributed by atoms with E-state index in [4.69, 9.17) is 0 Å². The van der Waals surface area contributed by atoms with Gasteiger partial charge in [-0.2, -0.15) is 0 Å². The van der Waals surface area contributed by atoms with Crippen LogP contribution in [0.3, 0.4) is 0 Å². The largest absolute Gasteiger partial charge is 0.301 e. The highest BCUT2D eigenvalue weighted by atomic mass is 16.1. The van der Waals surface area contributed by atoms with Crippen LogP contribution in [0.15, 0.2) is 54.6 Å². The average molecular weight is 389 g/mol. The Bertz CT molecular complexity index is 850. The number of hydrogen-bond acceptors (Lipinski definition) is 3. The van der Waals surface area contributed by atoms with Crippen molar-refractivity contribution in [3.63, 3.8) is 0 Å². The number of Topliss-reactive ketones (excluding diaryl/α,β-unsaturated/α-hetero) is 1. The highest BCUT2D eigenvalue weighted by molar-refractivity contribution is 6.08. The summed E-state index contributed by atoms with van der Waals surface area (Å²) in [6, 6.07) is 18.7. The molecule has 0 radical (unpaired) electrons. The minimum absolute atomic E-state index is 0.292. The van der Waals surface area contributed by atoms with E-state index in [2.05, 4.69) is 46.2 Å². The first kappa shape index (κ1) is 19.0. The molecular formula is C26H32N2O. The Morgan fingerprint density at radius 1 is 0.828 bits per heavy atom. The molecule has 3 nitrogen and oxygen atoms in total. The Morgan fingerprint density at radius 2 is 1.52 bits per heavy atom. The Morgan fingerprint density at radius 3 is 2.24 bits per heavy atom. The van der Waals surface area contributed by atoms with Gasteiger partial charge in [-0.25, -0.2) is 0 Å². The van der Waals surface area contributed by atoms with Gasteiger partial charge in [0.2, 0.25) is 0 Å². The molecule has 1 atom stereocenters. The second kappa shape index (κ2) is 8.04. The van der Waals surface area contributed by atoms with Crippen LogP contribution in [0, 0.1) is 5.92 Å². The van der Waals surface area contributed by atoms with Gasteiger partial charge in [0, 0.05) is 44.7 Å². The normalized spacial score (nSPS) is 26.6. The SMILES string of the molecule is O=C1c2ccccc2C[C@]1(c1ccccc1)N1CCN(CC2CCCCC2)CC1. The molecule has 2 fully saturated rings. The number of carbonyl (C=O) groups is 1. The number of ketones is 1. The maximum absolute atomic E-state index is 13.8. The number of benzene rings is 2. The van der Waals surface area contributed by atoms with Crippen LogP contribution in [0.2, 0.25) is 0 Å². The molecule has 2 aromatic rings. The van der Waals surface area contributed by atoms with Crippen molar-refractivity contribution in [2.24, 2.45) is 5.92 Å². The van der Waals surface area contributed by atoms with E-state index in [-0.39, 0.29) is 0 Å². The molecule has 0 N–H and O–H groups in total. The number of piperazine rings is 1. The summed E-state index contributed by atoms with van der Waals surface area (Å²) in [5.41, 5.74) is 2.75. The van der Waals surface area contributed by atoms with Gasteiger partial charge in [-0.3, -0.25) is 9.69 Å². The molecule has 1 heterocycles. The zero-order valence-corrected chi connectivity index (χ0v) is 17.4. The van der Waals surface area contributed by atoms with Crippen molar-refractivity contribution in [3.8, 4) is 0 Å². The van der Waals surface area contributed by atoms with E-state index in [1.165, 1.54) is 44.2 Å². The Balaban J connectivity index is 1.37. The Kier molecular flexibility index (Phi) is 5.28. The van der Waals surface area contributed by atoms with Gasteiger partial charge in [-0.1, -0.05) is 73.9 Å². The van der Waals surface area contributed by atoms with E-state index in [0.717, 1.165) is 49.6 Å². The van der Waals surface area contributed by atoms with Crippen molar-refractivity contribution < 1.29 is 4.79 Å². The summed E-state index contributed by atoms with van der Waals surface area (Å²) < 4.78 is 0. The van der Waals surface area contributed by atoms with Crippen LogP contribution >= 0.6 is 0 Å². The van der Waals surface area contributed by atoms with Crippen LogP contribution in [0.1, 0.15) is 53.6 Å². The van der Waals surface area contributed by atoms with Gasteiger partial charge in [0.15, 0.2) is 5.78 Å². The first-order valence-corrected chi connectivity index (χ1v) is 11.4. The van der Waals surface area contributed by atoms with Gasteiger partial charge in [0.25, 0.3) is 0 Å². The van der Waals surface area contributed by atoms with Gasteiger partial charge in [0.1, 0.15) is 5.54 Å². The summed E-state index contributed by atoms with van der Waals surface area (Å²) >= 11 is 0. The highest BCUT2D eigenvalue weighted by Crippen LogP contribution is 2.43. The fourth-order valence-electron chi connectivity index (χ4n) is 5.91. The van der Waals surface area contributed by atoms with Crippen molar-refractivity contribution in [3.05, 3.63) is 71.3 Å². The third kappa shape index (κ3) is 3.45. The van der Waals surface area contributed by atoms with Crippen LogP contribution < -0.4 is 0 Å².